The zero-order valence-electron chi connectivity index (χ0n) is 18.8. The predicted molar refractivity (Wildman–Crippen MR) is 123 cm³/mol. The largest absolute Gasteiger partial charge is 0.494 e. The number of likely N-dealkylation sites (tertiary alicyclic amines) is 1. The van der Waals surface area contributed by atoms with E-state index in [2.05, 4.69) is 11.8 Å². The van der Waals surface area contributed by atoms with Crippen LogP contribution >= 0.6 is 0 Å². The summed E-state index contributed by atoms with van der Waals surface area (Å²) in [5.74, 6) is 0.901. The van der Waals surface area contributed by atoms with Crippen LogP contribution in [0.1, 0.15) is 43.4 Å². The number of carbonyl (C=O) groups is 2. The van der Waals surface area contributed by atoms with Gasteiger partial charge in [0.1, 0.15) is 11.4 Å². The summed E-state index contributed by atoms with van der Waals surface area (Å²) in [5, 5.41) is 0. The van der Waals surface area contributed by atoms with Crippen LogP contribution in [0.15, 0.2) is 48.2 Å². The molecule has 0 radical (unpaired) electrons. The molecule has 0 atom stereocenters. The van der Waals surface area contributed by atoms with Gasteiger partial charge in [-0.2, -0.15) is 0 Å². The number of rotatable bonds is 5. The summed E-state index contributed by atoms with van der Waals surface area (Å²) in [4.78, 5) is 30.8. The first-order valence-electron chi connectivity index (χ1n) is 11.1. The van der Waals surface area contributed by atoms with Crippen LogP contribution in [0, 0.1) is 19.8 Å². The zero-order valence-corrected chi connectivity index (χ0v) is 18.8. The average molecular weight is 419 g/mol. The van der Waals surface area contributed by atoms with Crippen molar-refractivity contribution in [2.45, 2.75) is 40.5 Å². The molecule has 2 aromatic rings. The van der Waals surface area contributed by atoms with Crippen LogP contribution in [0.2, 0.25) is 0 Å². The number of nitrogens with zero attached hydrogens (tertiary/aromatic N) is 2. The lowest BCUT2D eigenvalue weighted by molar-refractivity contribution is -0.120. The van der Waals surface area contributed by atoms with Crippen LogP contribution in [0.5, 0.6) is 5.75 Å². The van der Waals surface area contributed by atoms with E-state index < -0.39 is 0 Å². The predicted octanol–water partition coefficient (Wildman–Crippen LogP) is 4.72. The van der Waals surface area contributed by atoms with Crippen molar-refractivity contribution in [3.63, 3.8) is 0 Å². The average Bonchev–Trinajstić information content (AvgIpc) is 2.99. The van der Waals surface area contributed by atoms with E-state index in [1.807, 2.05) is 63.2 Å². The molecule has 2 heterocycles. The van der Waals surface area contributed by atoms with E-state index in [1.165, 1.54) is 4.90 Å². The molecule has 0 unspecified atom stereocenters. The lowest BCUT2D eigenvalue weighted by atomic mass is 9.97. The summed E-state index contributed by atoms with van der Waals surface area (Å²) in [7, 11) is 0. The normalized spacial score (nSPS) is 17.7. The van der Waals surface area contributed by atoms with Gasteiger partial charge in [-0.25, -0.2) is 4.90 Å². The minimum Gasteiger partial charge on any atom is -0.494 e. The molecule has 31 heavy (non-hydrogen) atoms. The standard InChI is InChI=1S/C26H30N2O3/c1-5-31-22-8-6-20(7-9-22)23-24(27-12-10-17(2)11-13-27)26(30)28(25(23)29)21-15-18(3)14-19(4)16-21/h6-9,14-17H,5,10-13H2,1-4H3. The third-order valence-electron chi connectivity index (χ3n) is 6.08. The second kappa shape index (κ2) is 8.58. The third-order valence-corrected chi connectivity index (χ3v) is 6.08. The van der Waals surface area contributed by atoms with Crippen LogP contribution < -0.4 is 9.64 Å². The van der Waals surface area contributed by atoms with Gasteiger partial charge in [-0.05, 0) is 80.5 Å². The molecule has 2 aromatic carbocycles. The molecule has 0 saturated carbocycles. The lowest BCUT2D eigenvalue weighted by Gasteiger charge is -2.32. The van der Waals surface area contributed by atoms with Crippen LogP contribution in [0.25, 0.3) is 5.57 Å². The number of imide groups is 1. The maximum atomic E-state index is 13.7. The first-order valence-corrected chi connectivity index (χ1v) is 11.1. The molecule has 2 aliphatic heterocycles. The van der Waals surface area contributed by atoms with E-state index in [0.29, 0.717) is 29.5 Å². The molecule has 4 rings (SSSR count). The summed E-state index contributed by atoms with van der Waals surface area (Å²) in [5.41, 5.74) is 4.46. The van der Waals surface area contributed by atoms with Crippen molar-refractivity contribution in [1.82, 2.24) is 4.90 Å². The number of anilines is 1. The summed E-state index contributed by atoms with van der Waals surface area (Å²) < 4.78 is 5.55. The molecule has 5 heteroatoms. The first kappa shape index (κ1) is 21.2. The number of aryl methyl sites for hydroxylation is 2. The van der Waals surface area contributed by atoms with Crippen molar-refractivity contribution < 1.29 is 14.3 Å². The molecule has 0 bridgehead atoms. The number of benzene rings is 2. The van der Waals surface area contributed by atoms with E-state index in [-0.39, 0.29) is 11.8 Å². The SMILES string of the molecule is CCOc1ccc(C2=C(N3CCC(C)CC3)C(=O)N(c3cc(C)cc(C)c3)C2=O)cc1. The highest BCUT2D eigenvalue weighted by Crippen LogP contribution is 2.37. The molecule has 162 valence electrons. The second-order valence-corrected chi connectivity index (χ2v) is 8.64. The summed E-state index contributed by atoms with van der Waals surface area (Å²) in [6, 6.07) is 13.3. The quantitative estimate of drug-likeness (QED) is 0.660. The molecular weight excluding hydrogens is 388 g/mol. The fraction of sp³-hybridized carbons (Fsp3) is 0.385. The minimum atomic E-state index is -0.257. The van der Waals surface area contributed by atoms with Gasteiger partial charge >= 0.3 is 0 Å². The van der Waals surface area contributed by atoms with Crippen molar-refractivity contribution in [3.05, 3.63) is 64.9 Å². The van der Waals surface area contributed by atoms with Crippen LogP contribution in [-0.4, -0.2) is 36.4 Å². The van der Waals surface area contributed by atoms with Gasteiger partial charge in [0.05, 0.1) is 17.9 Å². The number of hydrogen-bond acceptors (Lipinski definition) is 4. The Balaban J connectivity index is 1.79. The fourth-order valence-electron chi connectivity index (χ4n) is 4.50. The fourth-order valence-corrected chi connectivity index (χ4v) is 4.50. The molecule has 2 aliphatic rings. The molecule has 5 nitrogen and oxygen atoms in total. The van der Waals surface area contributed by atoms with Gasteiger partial charge in [0.2, 0.25) is 0 Å². The van der Waals surface area contributed by atoms with Crippen molar-refractivity contribution in [2.75, 3.05) is 24.6 Å². The Morgan fingerprint density at radius 1 is 0.935 bits per heavy atom. The molecule has 1 saturated heterocycles. The summed E-state index contributed by atoms with van der Waals surface area (Å²) in [6.45, 7) is 10.3. The molecule has 0 N–H and O–H groups in total. The van der Waals surface area contributed by atoms with E-state index in [9.17, 15) is 9.59 Å². The Morgan fingerprint density at radius 2 is 1.55 bits per heavy atom. The topological polar surface area (TPSA) is 49.9 Å². The number of carbonyl (C=O) groups excluding carboxylic acids is 2. The highest BCUT2D eigenvalue weighted by atomic mass is 16.5. The van der Waals surface area contributed by atoms with Gasteiger partial charge < -0.3 is 9.64 Å². The second-order valence-electron chi connectivity index (χ2n) is 8.64. The Labute approximate surface area is 184 Å². The van der Waals surface area contributed by atoms with Crippen LogP contribution in [0.3, 0.4) is 0 Å². The summed E-state index contributed by atoms with van der Waals surface area (Å²) >= 11 is 0. The van der Waals surface area contributed by atoms with Gasteiger partial charge in [-0.15, -0.1) is 0 Å². The van der Waals surface area contributed by atoms with Crippen LogP contribution in [0.4, 0.5) is 5.69 Å². The number of ether oxygens (including phenoxy) is 1. The number of amides is 2. The van der Waals surface area contributed by atoms with Gasteiger partial charge in [0, 0.05) is 13.1 Å². The van der Waals surface area contributed by atoms with E-state index >= 15 is 0 Å². The molecule has 0 aromatic heterocycles. The minimum absolute atomic E-state index is 0.228. The first-order chi connectivity index (χ1) is 14.9. The molecular formula is C26H30N2O3. The smallest absolute Gasteiger partial charge is 0.282 e. The van der Waals surface area contributed by atoms with E-state index in [1.54, 1.807) is 0 Å². The maximum Gasteiger partial charge on any atom is 0.282 e. The monoisotopic (exact) mass is 418 g/mol. The highest BCUT2D eigenvalue weighted by Gasteiger charge is 2.43. The summed E-state index contributed by atoms with van der Waals surface area (Å²) in [6.07, 6.45) is 2.04. The van der Waals surface area contributed by atoms with Crippen molar-refractivity contribution >= 4 is 23.1 Å². The van der Waals surface area contributed by atoms with E-state index in [0.717, 1.165) is 48.4 Å². The molecule has 1 fully saturated rings. The molecule has 0 aliphatic carbocycles. The Bertz CT molecular complexity index is 1010. The Morgan fingerprint density at radius 3 is 2.13 bits per heavy atom. The Hall–Kier alpha value is -3.08. The lowest BCUT2D eigenvalue weighted by Crippen LogP contribution is -2.38. The van der Waals surface area contributed by atoms with Gasteiger partial charge in [0.15, 0.2) is 0 Å². The molecule has 2 amide bonds. The van der Waals surface area contributed by atoms with Crippen molar-refractivity contribution in [2.24, 2.45) is 5.92 Å². The van der Waals surface area contributed by atoms with Crippen molar-refractivity contribution in [1.29, 1.82) is 0 Å². The zero-order chi connectivity index (χ0) is 22.1. The third kappa shape index (κ3) is 4.09. The highest BCUT2D eigenvalue weighted by molar-refractivity contribution is 6.45. The van der Waals surface area contributed by atoms with E-state index in [4.69, 9.17) is 4.74 Å². The number of piperidine rings is 1. The Kier molecular flexibility index (Phi) is 5.86. The van der Waals surface area contributed by atoms with Crippen LogP contribution in [-0.2, 0) is 9.59 Å². The van der Waals surface area contributed by atoms with Gasteiger partial charge in [0.25, 0.3) is 11.8 Å². The van der Waals surface area contributed by atoms with Gasteiger partial charge in [-0.1, -0.05) is 25.1 Å². The molecule has 0 spiro atoms. The number of hydrogen-bond donors (Lipinski definition) is 0. The maximum absolute atomic E-state index is 13.7. The van der Waals surface area contributed by atoms with Crippen molar-refractivity contribution in [3.8, 4) is 5.75 Å². The van der Waals surface area contributed by atoms with Gasteiger partial charge in [-0.3, -0.25) is 9.59 Å².